The number of aliphatic hydroxyl groups excluding tert-OH is 1. The lowest BCUT2D eigenvalue weighted by molar-refractivity contribution is 0.0747. The topological polar surface area (TPSA) is 23.5 Å². The first-order valence-corrected chi connectivity index (χ1v) is 12.4. The van der Waals surface area contributed by atoms with Crippen LogP contribution in [-0.2, 0) is 11.0 Å². The second-order valence-corrected chi connectivity index (χ2v) is 9.42. The molecule has 0 atom stereocenters. The highest BCUT2D eigenvalue weighted by Gasteiger charge is 2.46. The smallest absolute Gasteiger partial charge is 0.0972 e. The summed E-state index contributed by atoms with van der Waals surface area (Å²) in [6, 6.07) is 43.7. The van der Waals surface area contributed by atoms with E-state index in [-0.39, 0.29) is 17.6 Å². The van der Waals surface area contributed by atoms with Crippen molar-refractivity contribution in [1.29, 1.82) is 0 Å². The zero-order valence-electron chi connectivity index (χ0n) is 19.7. The van der Waals surface area contributed by atoms with Gasteiger partial charge in [0, 0.05) is 19.7 Å². The van der Waals surface area contributed by atoms with Gasteiger partial charge in [0.2, 0.25) is 0 Å². The average Bonchev–Trinajstić information content (AvgIpc) is 2.93. The van der Waals surface area contributed by atoms with Gasteiger partial charge in [0.1, 0.15) is 0 Å². The highest BCUT2D eigenvalue weighted by molar-refractivity contribution is 5.50. The second-order valence-electron chi connectivity index (χ2n) is 9.42. The summed E-state index contributed by atoms with van der Waals surface area (Å²) >= 11 is 0. The Morgan fingerprint density at radius 1 is 0.588 bits per heavy atom. The third kappa shape index (κ3) is 3.98. The summed E-state index contributed by atoms with van der Waals surface area (Å²) in [6.07, 6.45) is 2.84. The van der Waals surface area contributed by atoms with Crippen LogP contribution in [0.1, 0.15) is 41.5 Å². The highest BCUT2D eigenvalue weighted by Crippen LogP contribution is 2.47. The van der Waals surface area contributed by atoms with Crippen molar-refractivity contribution in [3.63, 3.8) is 0 Å². The average molecular weight is 448 g/mol. The number of nitrogens with zero attached hydrogens (tertiary/aromatic N) is 1. The number of hydrogen-bond acceptors (Lipinski definition) is 2. The van der Waals surface area contributed by atoms with Crippen LogP contribution in [0.2, 0.25) is 0 Å². The number of hydrogen-bond donors (Lipinski definition) is 1. The highest BCUT2D eigenvalue weighted by atomic mass is 16.3. The monoisotopic (exact) mass is 447 g/mol. The van der Waals surface area contributed by atoms with E-state index in [1.165, 1.54) is 22.3 Å². The van der Waals surface area contributed by atoms with E-state index in [9.17, 15) is 5.11 Å². The second kappa shape index (κ2) is 9.97. The molecule has 5 rings (SSSR count). The van der Waals surface area contributed by atoms with Gasteiger partial charge in [0.15, 0.2) is 0 Å². The van der Waals surface area contributed by atoms with E-state index in [0.29, 0.717) is 0 Å². The van der Waals surface area contributed by atoms with E-state index in [2.05, 4.69) is 126 Å². The van der Waals surface area contributed by atoms with Gasteiger partial charge in [-0.05, 0) is 46.9 Å². The molecule has 0 unspecified atom stereocenters. The molecule has 4 aromatic rings. The third-order valence-corrected chi connectivity index (χ3v) is 7.75. The summed E-state index contributed by atoms with van der Waals surface area (Å²) < 4.78 is 0. The lowest BCUT2D eigenvalue weighted by atomic mass is 9.68. The molecule has 1 aliphatic heterocycles. The van der Waals surface area contributed by atoms with Gasteiger partial charge in [-0.1, -0.05) is 121 Å². The molecule has 4 aromatic carbocycles. The molecule has 0 aliphatic carbocycles. The standard InChI is InChI=1S/C32H33NO/c34-26-23-31(27-13-5-1-6-14-27)21-24-33(25-22-31)32(28-15-7-2-8-16-28,29-17-9-3-10-18-29)30-19-11-4-12-20-30/h1-20,34H,21-26H2. The molecule has 172 valence electrons. The van der Waals surface area contributed by atoms with Gasteiger partial charge in [-0.25, -0.2) is 0 Å². The maximum atomic E-state index is 9.99. The molecule has 34 heavy (non-hydrogen) atoms. The molecule has 1 N–H and O–H groups in total. The van der Waals surface area contributed by atoms with Crippen molar-refractivity contribution in [2.45, 2.75) is 30.2 Å². The van der Waals surface area contributed by atoms with Gasteiger partial charge in [-0.2, -0.15) is 0 Å². The molecule has 1 heterocycles. The summed E-state index contributed by atoms with van der Waals surface area (Å²) in [5, 5.41) is 9.99. The van der Waals surface area contributed by atoms with Crippen molar-refractivity contribution < 1.29 is 5.11 Å². The van der Waals surface area contributed by atoms with Crippen LogP contribution in [0, 0.1) is 0 Å². The lowest BCUT2D eigenvalue weighted by Gasteiger charge is -2.51. The van der Waals surface area contributed by atoms with Crippen molar-refractivity contribution in [3.05, 3.63) is 144 Å². The summed E-state index contributed by atoms with van der Waals surface area (Å²) in [7, 11) is 0. The molecule has 0 bridgehead atoms. The fraction of sp³-hybridized carbons (Fsp3) is 0.250. The van der Waals surface area contributed by atoms with Gasteiger partial charge < -0.3 is 5.11 Å². The minimum Gasteiger partial charge on any atom is -0.396 e. The van der Waals surface area contributed by atoms with E-state index < -0.39 is 0 Å². The van der Waals surface area contributed by atoms with Crippen molar-refractivity contribution in [2.24, 2.45) is 0 Å². The maximum Gasteiger partial charge on any atom is 0.0972 e. The van der Waals surface area contributed by atoms with Crippen molar-refractivity contribution in [1.82, 2.24) is 4.90 Å². The zero-order chi connectivity index (χ0) is 23.3. The van der Waals surface area contributed by atoms with Gasteiger partial charge >= 0.3 is 0 Å². The van der Waals surface area contributed by atoms with E-state index in [4.69, 9.17) is 0 Å². The van der Waals surface area contributed by atoms with Crippen molar-refractivity contribution in [2.75, 3.05) is 19.7 Å². The van der Waals surface area contributed by atoms with E-state index >= 15 is 0 Å². The van der Waals surface area contributed by atoms with Crippen LogP contribution in [0.3, 0.4) is 0 Å². The van der Waals surface area contributed by atoms with Crippen LogP contribution in [-0.4, -0.2) is 29.7 Å². The van der Waals surface area contributed by atoms with Crippen LogP contribution in [0.4, 0.5) is 0 Å². The minimum absolute atomic E-state index is 0.0162. The van der Waals surface area contributed by atoms with Gasteiger partial charge in [0.05, 0.1) is 5.54 Å². The number of rotatable bonds is 7. The number of likely N-dealkylation sites (tertiary alicyclic amines) is 1. The van der Waals surface area contributed by atoms with E-state index in [1.54, 1.807) is 0 Å². The van der Waals surface area contributed by atoms with Crippen molar-refractivity contribution in [3.8, 4) is 0 Å². The molecular formula is C32H33NO. The lowest BCUT2D eigenvalue weighted by Crippen LogP contribution is -2.54. The molecule has 0 spiro atoms. The largest absolute Gasteiger partial charge is 0.396 e. The Morgan fingerprint density at radius 3 is 1.35 bits per heavy atom. The summed E-state index contributed by atoms with van der Waals surface area (Å²) in [5.41, 5.74) is 4.88. The molecule has 0 radical (unpaired) electrons. The van der Waals surface area contributed by atoms with Gasteiger partial charge in [-0.15, -0.1) is 0 Å². The molecule has 1 saturated heterocycles. The predicted octanol–water partition coefficient (Wildman–Crippen LogP) is 6.39. The fourth-order valence-electron chi connectivity index (χ4n) is 6.04. The van der Waals surface area contributed by atoms with Crippen LogP contribution >= 0.6 is 0 Å². The first-order valence-electron chi connectivity index (χ1n) is 12.4. The maximum absolute atomic E-state index is 9.99. The Labute approximate surface area is 203 Å². The number of benzene rings is 4. The van der Waals surface area contributed by atoms with Crippen LogP contribution < -0.4 is 0 Å². The number of piperidine rings is 1. The van der Waals surface area contributed by atoms with Crippen LogP contribution in [0.25, 0.3) is 0 Å². The fourth-order valence-corrected chi connectivity index (χ4v) is 6.04. The van der Waals surface area contributed by atoms with Crippen molar-refractivity contribution >= 4 is 0 Å². The Balaban J connectivity index is 1.63. The van der Waals surface area contributed by atoms with E-state index in [1.807, 2.05) is 0 Å². The zero-order valence-corrected chi connectivity index (χ0v) is 19.7. The third-order valence-electron chi connectivity index (χ3n) is 7.75. The molecule has 0 saturated carbocycles. The summed E-state index contributed by atoms with van der Waals surface area (Å²) in [6.45, 7) is 2.12. The normalized spacial score (nSPS) is 16.3. The van der Waals surface area contributed by atoms with Crippen LogP contribution in [0.15, 0.2) is 121 Å². The Morgan fingerprint density at radius 2 is 0.971 bits per heavy atom. The Kier molecular flexibility index (Phi) is 6.62. The molecule has 2 nitrogen and oxygen atoms in total. The number of aliphatic hydroxyl groups is 1. The molecular weight excluding hydrogens is 414 g/mol. The Hall–Kier alpha value is -3.20. The first-order chi connectivity index (χ1) is 16.8. The minimum atomic E-state index is -0.369. The van der Waals surface area contributed by atoms with E-state index in [0.717, 1.165) is 32.4 Å². The Bertz CT molecular complexity index is 1050. The summed E-state index contributed by atoms with van der Waals surface area (Å²) in [4.78, 5) is 2.67. The molecule has 0 amide bonds. The first kappa shape index (κ1) is 22.6. The molecule has 0 aromatic heterocycles. The van der Waals surface area contributed by atoms with Crippen LogP contribution in [0.5, 0.6) is 0 Å². The SMILES string of the molecule is OCCC1(c2ccccc2)CCN(C(c2ccccc2)(c2ccccc2)c2ccccc2)CC1. The summed E-state index contributed by atoms with van der Waals surface area (Å²) in [5.74, 6) is 0. The molecule has 2 heteroatoms. The quantitative estimate of drug-likeness (QED) is 0.332. The van der Waals surface area contributed by atoms with Gasteiger partial charge in [-0.3, -0.25) is 4.90 Å². The molecule has 1 aliphatic rings. The molecule has 1 fully saturated rings. The van der Waals surface area contributed by atoms with Gasteiger partial charge in [0.25, 0.3) is 0 Å². The predicted molar refractivity (Wildman–Crippen MR) is 140 cm³/mol.